The van der Waals surface area contributed by atoms with Crippen molar-refractivity contribution in [1.82, 2.24) is 19.8 Å². The molecule has 1 amide bonds. The average molecular weight is 465 g/mol. The van der Waals surface area contributed by atoms with Gasteiger partial charge >= 0.3 is 0 Å². The van der Waals surface area contributed by atoms with Gasteiger partial charge in [0.15, 0.2) is 0 Å². The van der Waals surface area contributed by atoms with Crippen LogP contribution in [0, 0.1) is 5.41 Å². The fraction of sp³-hybridized carbons (Fsp3) is 0.480. The standard InChI is InChI=1S/C25H36N8O/c1-17-16-32(12-11-27-17)21-9-10-23(28-15-21)29-18(2)30-24-19(14-26)13-22(25(34)31(3)4)33(24)20-7-5-6-8-20/h9-10,13-15,17,20,26-27,30H,2,5-8,11-12,16H2,1,3-4H3,(H,28,29)/t17-/m0/s1. The van der Waals surface area contributed by atoms with E-state index in [0.29, 0.717) is 28.9 Å². The number of hydrogen-bond acceptors (Lipinski definition) is 7. The fourth-order valence-corrected chi connectivity index (χ4v) is 4.87. The molecule has 0 spiro atoms. The molecule has 182 valence electrons. The Bertz CT molecular complexity index is 1040. The van der Waals surface area contributed by atoms with Gasteiger partial charge in [-0.1, -0.05) is 19.4 Å². The Hall–Kier alpha value is -3.33. The minimum absolute atomic E-state index is 0.0684. The predicted octanol–water partition coefficient (Wildman–Crippen LogP) is 3.49. The summed E-state index contributed by atoms with van der Waals surface area (Å²) in [6.07, 6.45) is 7.48. The van der Waals surface area contributed by atoms with E-state index in [1.165, 1.54) is 6.21 Å². The fourth-order valence-electron chi connectivity index (χ4n) is 4.87. The van der Waals surface area contributed by atoms with Crippen LogP contribution >= 0.6 is 0 Å². The summed E-state index contributed by atoms with van der Waals surface area (Å²) >= 11 is 0. The number of anilines is 3. The third-order valence-corrected chi connectivity index (χ3v) is 6.57. The molecule has 9 nitrogen and oxygen atoms in total. The number of nitrogens with one attached hydrogen (secondary N) is 4. The van der Waals surface area contributed by atoms with Crippen molar-refractivity contribution in [3.63, 3.8) is 0 Å². The van der Waals surface area contributed by atoms with Crippen molar-refractivity contribution in [2.75, 3.05) is 49.3 Å². The Kier molecular flexibility index (Phi) is 7.21. The van der Waals surface area contributed by atoms with E-state index in [1.54, 1.807) is 25.1 Å². The van der Waals surface area contributed by atoms with Gasteiger partial charge in [0, 0.05) is 57.6 Å². The average Bonchev–Trinajstić information content (AvgIpc) is 3.46. The number of carbonyl (C=O) groups is 1. The van der Waals surface area contributed by atoms with E-state index in [4.69, 9.17) is 5.41 Å². The van der Waals surface area contributed by atoms with Crippen molar-refractivity contribution in [3.8, 4) is 0 Å². The number of carbonyl (C=O) groups excluding carboxylic acids is 1. The van der Waals surface area contributed by atoms with Crippen LogP contribution in [0.4, 0.5) is 17.3 Å². The molecule has 0 aromatic carbocycles. The van der Waals surface area contributed by atoms with Gasteiger partial charge in [0.2, 0.25) is 0 Å². The van der Waals surface area contributed by atoms with Crippen LogP contribution in [0.5, 0.6) is 0 Å². The molecule has 9 heteroatoms. The van der Waals surface area contributed by atoms with Crippen LogP contribution in [0.25, 0.3) is 0 Å². The SMILES string of the molecule is C=C(Nc1ccc(N2CCN[C@@H](C)C2)cn1)Nc1c(C=N)cc(C(=O)N(C)C)n1C1CCCC1. The molecule has 2 aliphatic rings. The van der Waals surface area contributed by atoms with Gasteiger partial charge in [-0.15, -0.1) is 0 Å². The van der Waals surface area contributed by atoms with Crippen molar-refractivity contribution in [2.45, 2.75) is 44.7 Å². The van der Waals surface area contributed by atoms with Gasteiger partial charge in [0.25, 0.3) is 5.91 Å². The Morgan fingerprint density at radius 2 is 2.06 bits per heavy atom. The predicted molar refractivity (Wildman–Crippen MR) is 138 cm³/mol. The summed E-state index contributed by atoms with van der Waals surface area (Å²) < 4.78 is 2.06. The van der Waals surface area contributed by atoms with Gasteiger partial charge in [-0.25, -0.2) is 4.98 Å². The Balaban J connectivity index is 1.52. The molecule has 3 heterocycles. The van der Waals surface area contributed by atoms with E-state index in [2.05, 4.69) is 50.0 Å². The van der Waals surface area contributed by atoms with E-state index >= 15 is 0 Å². The molecule has 1 atom stereocenters. The van der Waals surface area contributed by atoms with Crippen LogP contribution in [0.3, 0.4) is 0 Å². The maximum Gasteiger partial charge on any atom is 0.270 e. The first kappa shape index (κ1) is 23.8. The van der Waals surface area contributed by atoms with Gasteiger partial charge in [-0.2, -0.15) is 0 Å². The van der Waals surface area contributed by atoms with Crippen molar-refractivity contribution in [3.05, 3.63) is 48.1 Å². The highest BCUT2D eigenvalue weighted by Crippen LogP contribution is 2.36. The molecular formula is C25H36N8O. The summed E-state index contributed by atoms with van der Waals surface area (Å²) in [7, 11) is 3.50. The van der Waals surface area contributed by atoms with E-state index in [0.717, 1.165) is 56.8 Å². The molecule has 4 N–H and O–H groups in total. The Morgan fingerprint density at radius 3 is 2.68 bits per heavy atom. The summed E-state index contributed by atoms with van der Waals surface area (Å²) in [5.41, 5.74) is 2.36. The molecule has 0 radical (unpaired) electrons. The van der Waals surface area contributed by atoms with Crippen LogP contribution in [0.1, 0.15) is 54.7 Å². The summed E-state index contributed by atoms with van der Waals surface area (Å²) in [5.74, 6) is 1.88. The quantitative estimate of drug-likeness (QED) is 0.446. The second-order valence-corrected chi connectivity index (χ2v) is 9.42. The van der Waals surface area contributed by atoms with Crippen molar-refractivity contribution >= 4 is 29.4 Å². The highest BCUT2D eigenvalue weighted by atomic mass is 16.2. The van der Waals surface area contributed by atoms with Crippen molar-refractivity contribution in [2.24, 2.45) is 0 Å². The number of aromatic nitrogens is 2. The van der Waals surface area contributed by atoms with Crippen LogP contribution in [-0.4, -0.2) is 66.3 Å². The highest BCUT2D eigenvalue weighted by Gasteiger charge is 2.28. The van der Waals surface area contributed by atoms with Gasteiger partial charge in [0.05, 0.1) is 11.9 Å². The lowest BCUT2D eigenvalue weighted by atomic mass is 10.2. The molecule has 34 heavy (non-hydrogen) atoms. The largest absolute Gasteiger partial charge is 0.367 e. The molecule has 2 fully saturated rings. The number of nitrogens with zero attached hydrogens (tertiary/aromatic N) is 4. The van der Waals surface area contributed by atoms with E-state index in [1.807, 2.05) is 12.3 Å². The third-order valence-electron chi connectivity index (χ3n) is 6.57. The molecular weight excluding hydrogens is 428 g/mol. The monoisotopic (exact) mass is 464 g/mol. The minimum Gasteiger partial charge on any atom is -0.367 e. The Labute approximate surface area is 201 Å². The van der Waals surface area contributed by atoms with E-state index < -0.39 is 0 Å². The number of piperazine rings is 1. The normalized spacial score (nSPS) is 18.6. The summed E-state index contributed by atoms with van der Waals surface area (Å²) in [6.45, 7) is 9.21. The van der Waals surface area contributed by atoms with Crippen molar-refractivity contribution < 1.29 is 4.79 Å². The number of hydrogen-bond donors (Lipinski definition) is 4. The van der Waals surface area contributed by atoms with Crippen LogP contribution in [-0.2, 0) is 0 Å². The van der Waals surface area contributed by atoms with E-state index in [-0.39, 0.29) is 11.9 Å². The maximum atomic E-state index is 12.9. The Morgan fingerprint density at radius 1 is 1.29 bits per heavy atom. The molecule has 2 aromatic heterocycles. The first-order chi connectivity index (χ1) is 16.4. The molecule has 1 aliphatic heterocycles. The molecule has 2 aromatic rings. The van der Waals surface area contributed by atoms with Gasteiger partial charge < -0.3 is 35.7 Å². The molecule has 1 aliphatic carbocycles. The molecule has 1 saturated carbocycles. The van der Waals surface area contributed by atoms with Gasteiger partial charge in [-0.05, 0) is 38.0 Å². The summed E-state index contributed by atoms with van der Waals surface area (Å²) in [5, 5.41) is 18.0. The zero-order valence-corrected chi connectivity index (χ0v) is 20.4. The van der Waals surface area contributed by atoms with Gasteiger partial charge in [-0.3, -0.25) is 4.79 Å². The third kappa shape index (κ3) is 5.09. The second kappa shape index (κ2) is 10.3. The lowest BCUT2D eigenvalue weighted by Crippen LogP contribution is -2.49. The highest BCUT2D eigenvalue weighted by molar-refractivity contribution is 5.98. The second-order valence-electron chi connectivity index (χ2n) is 9.42. The number of pyridine rings is 1. The topological polar surface area (TPSA) is 101 Å². The van der Waals surface area contributed by atoms with Crippen molar-refractivity contribution in [1.29, 1.82) is 5.41 Å². The van der Waals surface area contributed by atoms with Crippen LogP contribution in [0.15, 0.2) is 36.8 Å². The lowest BCUT2D eigenvalue weighted by molar-refractivity contribution is 0.0815. The molecule has 1 saturated heterocycles. The maximum absolute atomic E-state index is 12.9. The zero-order valence-electron chi connectivity index (χ0n) is 20.4. The van der Waals surface area contributed by atoms with Gasteiger partial charge in [0.1, 0.15) is 23.2 Å². The van der Waals surface area contributed by atoms with E-state index in [9.17, 15) is 4.79 Å². The van der Waals surface area contributed by atoms with Crippen LogP contribution < -0.4 is 20.9 Å². The molecule has 4 rings (SSSR count). The molecule has 0 bridgehead atoms. The smallest absolute Gasteiger partial charge is 0.270 e. The number of amides is 1. The summed E-state index contributed by atoms with van der Waals surface area (Å²) in [6, 6.07) is 6.49. The first-order valence-corrected chi connectivity index (χ1v) is 12.0. The molecule has 0 unspecified atom stereocenters. The number of rotatable bonds is 8. The zero-order chi connectivity index (χ0) is 24.2. The van der Waals surface area contributed by atoms with Crippen LogP contribution in [0.2, 0.25) is 0 Å². The minimum atomic E-state index is -0.0684. The first-order valence-electron chi connectivity index (χ1n) is 12.0. The lowest BCUT2D eigenvalue weighted by Gasteiger charge is -2.33. The summed E-state index contributed by atoms with van der Waals surface area (Å²) in [4.78, 5) is 21.4.